The molecule has 0 unspecified atom stereocenters. The van der Waals surface area contributed by atoms with Crippen molar-refractivity contribution in [3.63, 3.8) is 0 Å². The Morgan fingerprint density at radius 2 is 0.759 bits per heavy atom. The van der Waals surface area contributed by atoms with Gasteiger partial charge in [0.2, 0.25) is 0 Å². The second-order valence-corrected chi connectivity index (χ2v) is 9.09. The molecule has 29 heavy (non-hydrogen) atoms. The number of ether oxygens (including phenoxy) is 1. The Kier molecular flexibility index (Phi) is 7.18. The second-order valence-electron chi connectivity index (χ2n) is 9.09. The van der Waals surface area contributed by atoms with Crippen LogP contribution in [0.1, 0.15) is 52.7 Å². The van der Waals surface area contributed by atoms with Crippen molar-refractivity contribution in [2.24, 2.45) is 0 Å². The van der Waals surface area contributed by atoms with Gasteiger partial charge in [-0.05, 0) is 70.5 Å². The van der Waals surface area contributed by atoms with Crippen molar-refractivity contribution in [1.82, 2.24) is 0 Å². The molecule has 3 aromatic rings. The second kappa shape index (κ2) is 9.21. The van der Waals surface area contributed by atoms with Gasteiger partial charge in [0.05, 0.1) is 0 Å². The maximum atomic E-state index is 12.8. The van der Waals surface area contributed by atoms with Crippen LogP contribution in [0.3, 0.4) is 0 Å². The summed E-state index contributed by atoms with van der Waals surface area (Å²) in [5.74, 6) is 0.970. The van der Waals surface area contributed by atoms with Gasteiger partial charge < -0.3 is 4.74 Å². The number of halogens is 2. The van der Waals surface area contributed by atoms with E-state index in [0.717, 1.165) is 5.75 Å². The minimum absolute atomic E-state index is 0.119. The SMILES string of the molecule is CC(C)(C)c1ccc(F)cc1.CC(C)(C)c1ccc(Oc2ccc(F)cc2)cc1. The molecule has 0 atom stereocenters. The fourth-order valence-electron chi connectivity index (χ4n) is 2.61. The van der Waals surface area contributed by atoms with Crippen LogP contribution in [0, 0.1) is 11.6 Å². The first-order chi connectivity index (χ1) is 13.4. The van der Waals surface area contributed by atoms with Gasteiger partial charge in [0.1, 0.15) is 23.1 Å². The van der Waals surface area contributed by atoms with Gasteiger partial charge in [0.25, 0.3) is 0 Å². The summed E-state index contributed by atoms with van der Waals surface area (Å²) in [5.41, 5.74) is 2.68. The number of hydrogen-bond donors (Lipinski definition) is 0. The van der Waals surface area contributed by atoms with Crippen LogP contribution in [0.2, 0.25) is 0 Å². The van der Waals surface area contributed by atoms with E-state index in [2.05, 4.69) is 53.7 Å². The third kappa shape index (κ3) is 7.34. The highest BCUT2D eigenvalue weighted by Gasteiger charge is 2.13. The van der Waals surface area contributed by atoms with E-state index in [0.29, 0.717) is 5.75 Å². The van der Waals surface area contributed by atoms with Crippen LogP contribution in [0.5, 0.6) is 11.5 Å². The van der Waals surface area contributed by atoms with E-state index in [1.807, 2.05) is 24.3 Å². The molecule has 0 bridgehead atoms. The Morgan fingerprint density at radius 1 is 0.483 bits per heavy atom. The molecule has 3 aromatic carbocycles. The average Bonchev–Trinajstić information content (AvgIpc) is 2.63. The van der Waals surface area contributed by atoms with E-state index in [1.54, 1.807) is 12.1 Å². The van der Waals surface area contributed by atoms with Crippen molar-refractivity contribution in [1.29, 1.82) is 0 Å². The molecule has 0 aliphatic rings. The predicted molar refractivity (Wildman–Crippen MR) is 117 cm³/mol. The first kappa shape index (κ1) is 22.6. The van der Waals surface area contributed by atoms with Gasteiger partial charge in [-0.1, -0.05) is 65.8 Å². The predicted octanol–water partition coefficient (Wildman–Crippen LogP) is 8.04. The highest BCUT2D eigenvalue weighted by atomic mass is 19.1. The Morgan fingerprint density at radius 3 is 1.10 bits per heavy atom. The number of hydrogen-bond acceptors (Lipinski definition) is 1. The van der Waals surface area contributed by atoms with Crippen molar-refractivity contribution in [2.75, 3.05) is 0 Å². The van der Waals surface area contributed by atoms with Crippen LogP contribution in [0.25, 0.3) is 0 Å². The molecule has 0 N–H and O–H groups in total. The fraction of sp³-hybridized carbons (Fsp3) is 0.308. The van der Waals surface area contributed by atoms with E-state index in [-0.39, 0.29) is 22.5 Å². The van der Waals surface area contributed by atoms with Gasteiger partial charge in [-0.2, -0.15) is 0 Å². The third-order valence-corrected chi connectivity index (χ3v) is 4.48. The first-order valence-electron chi connectivity index (χ1n) is 9.75. The van der Waals surface area contributed by atoms with Gasteiger partial charge in [-0.15, -0.1) is 0 Å². The molecule has 0 aliphatic heterocycles. The van der Waals surface area contributed by atoms with E-state index in [1.165, 1.54) is 35.4 Å². The van der Waals surface area contributed by atoms with Gasteiger partial charge in [0, 0.05) is 0 Å². The summed E-state index contributed by atoms with van der Waals surface area (Å²) in [6.45, 7) is 12.8. The van der Waals surface area contributed by atoms with E-state index in [9.17, 15) is 8.78 Å². The molecule has 0 aromatic heterocycles. The van der Waals surface area contributed by atoms with Crippen molar-refractivity contribution in [3.05, 3.63) is 95.6 Å². The molecular weight excluding hydrogens is 366 g/mol. The molecule has 0 spiro atoms. The summed E-state index contributed by atoms with van der Waals surface area (Å²) in [6.07, 6.45) is 0. The minimum Gasteiger partial charge on any atom is -0.457 e. The van der Waals surface area contributed by atoms with Gasteiger partial charge in [-0.25, -0.2) is 8.78 Å². The zero-order chi connectivity index (χ0) is 21.7. The van der Waals surface area contributed by atoms with E-state index in [4.69, 9.17) is 4.74 Å². The molecule has 0 saturated carbocycles. The monoisotopic (exact) mass is 396 g/mol. The average molecular weight is 397 g/mol. The molecule has 3 rings (SSSR count). The van der Waals surface area contributed by atoms with Crippen LogP contribution in [0.4, 0.5) is 8.78 Å². The maximum Gasteiger partial charge on any atom is 0.127 e. The van der Waals surface area contributed by atoms with Crippen molar-refractivity contribution < 1.29 is 13.5 Å². The van der Waals surface area contributed by atoms with Crippen molar-refractivity contribution >= 4 is 0 Å². The zero-order valence-corrected chi connectivity index (χ0v) is 18.1. The molecule has 0 heterocycles. The molecular formula is C26H30F2O. The molecule has 0 aliphatic carbocycles. The Balaban J connectivity index is 0.000000234. The maximum absolute atomic E-state index is 12.8. The third-order valence-electron chi connectivity index (χ3n) is 4.48. The summed E-state index contributed by atoms with van der Waals surface area (Å²) in [6, 6.07) is 20.6. The molecule has 0 fully saturated rings. The quantitative estimate of drug-likeness (QED) is 0.426. The smallest absolute Gasteiger partial charge is 0.127 e. The van der Waals surface area contributed by atoms with E-state index < -0.39 is 0 Å². The van der Waals surface area contributed by atoms with Crippen LogP contribution < -0.4 is 4.74 Å². The highest BCUT2D eigenvalue weighted by molar-refractivity contribution is 5.35. The Labute approximate surface area is 173 Å². The highest BCUT2D eigenvalue weighted by Crippen LogP contribution is 2.27. The first-order valence-corrected chi connectivity index (χ1v) is 9.75. The van der Waals surface area contributed by atoms with Crippen LogP contribution in [-0.4, -0.2) is 0 Å². The fourth-order valence-corrected chi connectivity index (χ4v) is 2.61. The summed E-state index contributed by atoms with van der Waals surface area (Å²) < 4.78 is 30.9. The lowest BCUT2D eigenvalue weighted by Gasteiger charge is -2.19. The van der Waals surface area contributed by atoms with Crippen molar-refractivity contribution in [3.8, 4) is 11.5 Å². The molecule has 3 heteroatoms. The van der Waals surface area contributed by atoms with Gasteiger partial charge in [0.15, 0.2) is 0 Å². The topological polar surface area (TPSA) is 9.23 Å². The largest absolute Gasteiger partial charge is 0.457 e. The molecule has 0 saturated heterocycles. The Hall–Kier alpha value is -2.68. The van der Waals surface area contributed by atoms with Crippen LogP contribution in [0.15, 0.2) is 72.8 Å². The number of benzene rings is 3. The summed E-state index contributed by atoms with van der Waals surface area (Å²) in [4.78, 5) is 0. The summed E-state index contributed by atoms with van der Waals surface area (Å²) >= 11 is 0. The molecule has 0 radical (unpaired) electrons. The lowest BCUT2D eigenvalue weighted by Crippen LogP contribution is -2.10. The summed E-state index contributed by atoms with van der Waals surface area (Å²) in [7, 11) is 0. The van der Waals surface area contributed by atoms with Crippen molar-refractivity contribution in [2.45, 2.75) is 52.4 Å². The standard InChI is InChI=1S/C16H17FO.C10H13F/c1-16(2,3)12-4-8-14(9-5-12)18-15-10-6-13(17)7-11-15;1-10(2,3)8-4-6-9(11)7-5-8/h4-11H,1-3H3;4-7H,1-3H3. The normalized spacial score (nSPS) is 11.4. The lowest BCUT2D eigenvalue weighted by atomic mass is 9.87. The Bertz CT molecular complexity index is 882. The summed E-state index contributed by atoms with van der Waals surface area (Å²) in [5, 5.41) is 0. The zero-order valence-electron chi connectivity index (χ0n) is 18.1. The molecule has 154 valence electrons. The van der Waals surface area contributed by atoms with Gasteiger partial charge in [-0.3, -0.25) is 0 Å². The molecule has 0 amide bonds. The minimum atomic E-state index is -0.259. The van der Waals surface area contributed by atoms with Crippen LogP contribution >= 0.6 is 0 Å². The lowest BCUT2D eigenvalue weighted by molar-refractivity contribution is 0.479. The van der Waals surface area contributed by atoms with Gasteiger partial charge >= 0.3 is 0 Å². The number of rotatable bonds is 2. The molecule has 1 nitrogen and oxygen atoms in total. The van der Waals surface area contributed by atoms with E-state index >= 15 is 0 Å². The van der Waals surface area contributed by atoms with Crippen LogP contribution in [-0.2, 0) is 10.8 Å².